The van der Waals surface area contributed by atoms with Crippen molar-refractivity contribution in [3.63, 3.8) is 0 Å². The summed E-state index contributed by atoms with van der Waals surface area (Å²) in [7, 11) is -1.07. The van der Waals surface area contributed by atoms with E-state index in [4.69, 9.17) is 0 Å². The van der Waals surface area contributed by atoms with Crippen LogP contribution in [0.2, 0.25) is 0 Å². The summed E-state index contributed by atoms with van der Waals surface area (Å²) in [6.07, 6.45) is 3.70. The first kappa shape index (κ1) is 10.9. The Labute approximate surface area is 83.4 Å². The summed E-state index contributed by atoms with van der Waals surface area (Å²) in [6, 6.07) is 0. The molecule has 3 heteroatoms. The minimum absolute atomic E-state index is 0.217. The summed E-state index contributed by atoms with van der Waals surface area (Å²) < 4.78 is 15.6. The lowest BCUT2D eigenvalue weighted by atomic mass is 10.2. The molecule has 0 heterocycles. The Balaban J connectivity index is 2.47. The lowest BCUT2D eigenvalue weighted by Gasteiger charge is -2.13. The number of nitrogens with zero attached hydrogens (tertiary/aromatic N) is 1. The topological polar surface area (TPSA) is 29.4 Å². The Morgan fingerprint density at radius 3 is 2.38 bits per heavy atom. The highest BCUT2D eigenvalue weighted by molar-refractivity contribution is 7.85. The molecule has 1 rings (SSSR count). The highest BCUT2D eigenvalue weighted by Gasteiger charge is 2.23. The molecule has 0 amide bonds. The molecule has 1 unspecified atom stereocenters. The molecule has 0 N–H and O–H groups in total. The van der Waals surface area contributed by atoms with Gasteiger partial charge in [-0.25, -0.2) is 4.21 Å². The van der Waals surface area contributed by atoms with Crippen LogP contribution in [0, 0.1) is 5.92 Å². The van der Waals surface area contributed by atoms with Crippen LogP contribution in [0.25, 0.3) is 0 Å². The zero-order valence-electron chi connectivity index (χ0n) is 8.96. The molecule has 0 radical (unpaired) electrons. The second kappa shape index (κ2) is 3.91. The Morgan fingerprint density at radius 1 is 1.46 bits per heavy atom. The molecular formula is C10H19NOS. The molecule has 2 nitrogen and oxygen atoms in total. The van der Waals surface area contributed by atoms with Gasteiger partial charge in [0.05, 0.1) is 4.75 Å². The standard InChI is InChI=1S/C10H19NOS/c1-8(7-9-5-6-9)11-13(12)10(2,3)4/h9H,5-7H2,1-4H3. The number of hydrogen-bond acceptors (Lipinski definition) is 1. The molecule has 0 spiro atoms. The number of rotatable bonds is 3. The van der Waals surface area contributed by atoms with Gasteiger partial charge >= 0.3 is 0 Å². The molecule has 0 aliphatic heterocycles. The Morgan fingerprint density at radius 2 is 2.00 bits per heavy atom. The van der Waals surface area contributed by atoms with E-state index in [-0.39, 0.29) is 4.75 Å². The highest BCUT2D eigenvalue weighted by atomic mass is 32.2. The van der Waals surface area contributed by atoms with Crippen LogP contribution in [0.4, 0.5) is 0 Å². The molecule has 1 aliphatic carbocycles. The first-order valence-corrected chi connectivity index (χ1v) is 5.96. The van der Waals surface area contributed by atoms with E-state index in [1.54, 1.807) is 0 Å². The van der Waals surface area contributed by atoms with Gasteiger partial charge in [-0.3, -0.25) is 0 Å². The lowest BCUT2D eigenvalue weighted by Crippen LogP contribution is -2.20. The largest absolute Gasteiger partial charge is 0.234 e. The summed E-state index contributed by atoms with van der Waals surface area (Å²) in [5.41, 5.74) is 1.05. The molecular weight excluding hydrogens is 182 g/mol. The van der Waals surface area contributed by atoms with E-state index in [9.17, 15) is 4.21 Å². The van der Waals surface area contributed by atoms with Gasteiger partial charge in [0.25, 0.3) is 0 Å². The smallest absolute Gasteiger partial charge is 0.144 e. The summed E-state index contributed by atoms with van der Waals surface area (Å²) in [6.45, 7) is 7.85. The van der Waals surface area contributed by atoms with Gasteiger partial charge in [-0.1, -0.05) is 0 Å². The third-order valence-electron chi connectivity index (χ3n) is 2.04. The van der Waals surface area contributed by atoms with E-state index in [0.29, 0.717) is 0 Å². The monoisotopic (exact) mass is 201 g/mol. The van der Waals surface area contributed by atoms with Crippen molar-refractivity contribution < 1.29 is 4.21 Å². The second-order valence-electron chi connectivity index (χ2n) is 4.84. The van der Waals surface area contributed by atoms with Gasteiger partial charge in [-0.15, -0.1) is 0 Å². The summed E-state index contributed by atoms with van der Waals surface area (Å²) >= 11 is 0. The fourth-order valence-corrected chi connectivity index (χ4v) is 1.69. The maximum Gasteiger partial charge on any atom is 0.144 e. The van der Waals surface area contributed by atoms with Crippen LogP contribution in [0.1, 0.15) is 47.0 Å². The Bertz CT molecular complexity index is 236. The van der Waals surface area contributed by atoms with E-state index in [1.165, 1.54) is 12.8 Å². The Hall–Kier alpha value is -0.180. The molecule has 0 aromatic heterocycles. The van der Waals surface area contributed by atoms with Gasteiger partial charge in [-0.2, -0.15) is 4.40 Å². The highest BCUT2D eigenvalue weighted by Crippen LogP contribution is 2.32. The van der Waals surface area contributed by atoms with Crippen molar-refractivity contribution in [2.24, 2.45) is 10.3 Å². The predicted octanol–water partition coefficient (Wildman–Crippen LogP) is 2.71. The van der Waals surface area contributed by atoms with Gasteiger partial charge in [-0.05, 0) is 52.9 Å². The van der Waals surface area contributed by atoms with Crippen molar-refractivity contribution in [1.29, 1.82) is 0 Å². The Kier molecular flexibility index (Phi) is 3.28. The quantitative estimate of drug-likeness (QED) is 0.646. The molecule has 76 valence electrons. The first-order chi connectivity index (χ1) is 5.89. The average Bonchev–Trinajstić information content (AvgIpc) is 2.68. The molecule has 1 fully saturated rings. The molecule has 1 saturated carbocycles. The maximum absolute atomic E-state index is 11.6. The van der Waals surface area contributed by atoms with E-state index in [0.717, 1.165) is 18.1 Å². The van der Waals surface area contributed by atoms with Crippen molar-refractivity contribution >= 4 is 16.7 Å². The van der Waals surface area contributed by atoms with E-state index < -0.39 is 11.0 Å². The van der Waals surface area contributed by atoms with Crippen LogP contribution in [-0.2, 0) is 11.0 Å². The minimum Gasteiger partial charge on any atom is -0.234 e. The van der Waals surface area contributed by atoms with Crippen molar-refractivity contribution in [3.8, 4) is 0 Å². The van der Waals surface area contributed by atoms with Crippen LogP contribution < -0.4 is 0 Å². The van der Waals surface area contributed by atoms with Crippen LogP contribution in [-0.4, -0.2) is 14.7 Å². The zero-order valence-corrected chi connectivity index (χ0v) is 9.78. The van der Waals surface area contributed by atoms with Crippen molar-refractivity contribution in [2.75, 3.05) is 0 Å². The average molecular weight is 201 g/mol. The van der Waals surface area contributed by atoms with Gasteiger partial charge in [0.15, 0.2) is 0 Å². The van der Waals surface area contributed by atoms with Gasteiger partial charge < -0.3 is 0 Å². The van der Waals surface area contributed by atoms with Gasteiger partial charge in [0.1, 0.15) is 11.0 Å². The van der Waals surface area contributed by atoms with Gasteiger partial charge in [0.2, 0.25) is 0 Å². The minimum atomic E-state index is -1.07. The zero-order chi connectivity index (χ0) is 10.1. The van der Waals surface area contributed by atoms with Crippen LogP contribution in [0.5, 0.6) is 0 Å². The fourth-order valence-electron chi connectivity index (χ4n) is 1.06. The lowest BCUT2D eigenvalue weighted by molar-refractivity contribution is 0.650. The van der Waals surface area contributed by atoms with E-state index >= 15 is 0 Å². The summed E-state index contributed by atoms with van der Waals surface area (Å²) in [5.74, 6) is 0.834. The van der Waals surface area contributed by atoms with E-state index in [2.05, 4.69) is 4.40 Å². The van der Waals surface area contributed by atoms with Gasteiger partial charge in [0, 0.05) is 5.71 Å². The molecule has 1 atom stereocenters. The maximum atomic E-state index is 11.6. The first-order valence-electron chi connectivity index (χ1n) is 4.86. The van der Waals surface area contributed by atoms with E-state index in [1.807, 2.05) is 27.7 Å². The SMILES string of the molecule is CC(CC1CC1)=NS(=O)C(C)(C)C. The third-order valence-corrected chi connectivity index (χ3v) is 3.57. The van der Waals surface area contributed by atoms with Crippen LogP contribution >= 0.6 is 0 Å². The molecule has 0 saturated heterocycles. The summed E-state index contributed by atoms with van der Waals surface area (Å²) in [5, 5.41) is 0. The van der Waals surface area contributed by atoms with Crippen molar-refractivity contribution in [1.82, 2.24) is 0 Å². The molecule has 13 heavy (non-hydrogen) atoms. The van der Waals surface area contributed by atoms with Crippen molar-refractivity contribution in [2.45, 2.75) is 51.7 Å². The molecule has 0 aromatic carbocycles. The normalized spacial score (nSPS) is 21.7. The second-order valence-corrected chi connectivity index (χ2v) is 6.74. The van der Waals surface area contributed by atoms with Crippen LogP contribution in [0.3, 0.4) is 0 Å². The third kappa shape index (κ3) is 4.03. The number of hydrogen-bond donors (Lipinski definition) is 0. The molecule has 1 aliphatic rings. The summed E-state index contributed by atoms with van der Waals surface area (Å²) in [4.78, 5) is 0. The van der Waals surface area contributed by atoms with Crippen molar-refractivity contribution in [3.05, 3.63) is 0 Å². The molecule has 0 aromatic rings. The van der Waals surface area contributed by atoms with Crippen LogP contribution in [0.15, 0.2) is 4.40 Å². The predicted molar refractivity (Wildman–Crippen MR) is 58.3 cm³/mol. The molecule has 0 bridgehead atoms. The fraction of sp³-hybridized carbons (Fsp3) is 0.900.